The fourth-order valence-electron chi connectivity index (χ4n) is 3.41. The molecule has 0 aromatic rings. The average Bonchev–Trinajstić information content (AvgIpc) is 2.82. The van der Waals surface area contributed by atoms with Gasteiger partial charge in [-0.1, -0.05) is 96.8 Å². The largest absolute Gasteiger partial charge is 0.480 e. The van der Waals surface area contributed by atoms with Crippen LogP contribution < -0.4 is 5.73 Å². The molecule has 0 saturated heterocycles. The molecule has 1 unspecified atom stereocenters. The molecular formula is C24H48NNaO9P. The Hall–Kier alpha value is -0.0300. The average molecular weight is 549 g/mol. The van der Waals surface area contributed by atoms with Crippen LogP contribution >= 0.6 is 7.82 Å². The molecule has 0 aliphatic heterocycles. The van der Waals surface area contributed by atoms with Crippen LogP contribution in [-0.2, 0) is 27.9 Å². The van der Waals surface area contributed by atoms with Crippen LogP contribution in [0.4, 0.5) is 0 Å². The second-order valence-electron chi connectivity index (χ2n) is 9.04. The zero-order valence-electron chi connectivity index (χ0n) is 22.4. The molecule has 0 aliphatic rings. The van der Waals surface area contributed by atoms with E-state index in [1.165, 1.54) is 77.0 Å². The number of phosphoric acid groups is 1. The molecule has 3 atom stereocenters. The van der Waals surface area contributed by atoms with E-state index in [0.29, 0.717) is 6.42 Å². The summed E-state index contributed by atoms with van der Waals surface area (Å²) in [6.07, 6.45) is 17.5. The number of ether oxygens (including phenoxy) is 1. The zero-order chi connectivity index (χ0) is 26.4. The number of aliphatic hydroxyl groups is 1. The van der Waals surface area contributed by atoms with Crippen LogP contribution in [0.25, 0.3) is 0 Å². The van der Waals surface area contributed by atoms with Crippen molar-refractivity contribution < 1.29 is 43.0 Å². The van der Waals surface area contributed by atoms with Gasteiger partial charge in [0.2, 0.25) is 0 Å². The minimum atomic E-state index is -4.58. The Morgan fingerprint density at radius 2 is 1.19 bits per heavy atom. The number of carboxylic acid groups (broad SMARTS) is 1. The number of carboxylic acids is 1. The Bertz CT molecular complexity index is 598. The predicted octanol–water partition coefficient (Wildman–Crippen LogP) is 4.32. The van der Waals surface area contributed by atoms with Gasteiger partial charge in [-0.2, -0.15) is 0 Å². The summed E-state index contributed by atoms with van der Waals surface area (Å²) in [5.41, 5.74) is 5.16. The number of aliphatic hydroxyl groups excluding tert-OH is 1. The van der Waals surface area contributed by atoms with E-state index < -0.39 is 45.1 Å². The summed E-state index contributed by atoms with van der Waals surface area (Å²) < 4.78 is 25.5. The molecule has 0 aromatic heterocycles. The molecule has 0 amide bonds. The minimum absolute atomic E-state index is 0. The normalized spacial score (nSPS) is 14.4. The van der Waals surface area contributed by atoms with Gasteiger partial charge in [0, 0.05) is 36.0 Å². The number of carbonyl (C=O) groups is 2. The van der Waals surface area contributed by atoms with E-state index in [0.717, 1.165) is 12.8 Å². The smallest absolute Gasteiger partial charge is 0.472 e. The number of aliphatic carboxylic acids is 1. The standard InChI is InChI=1S/C24H48NO9P.Na/c1-2-3-4-5-6-7-8-9-10-11-12-13-14-15-16-17-23(27)32-18-21(26)19-33-35(30,31)34-20-22(25)24(28)29;/h21-22,26H,2-20,25H2,1H3,(H,28,29)(H,30,31);/t21-,22+;/m1./s1. The minimum Gasteiger partial charge on any atom is -0.480 e. The second-order valence-corrected chi connectivity index (χ2v) is 10.5. The second kappa shape index (κ2) is 25.3. The van der Waals surface area contributed by atoms with Gasteiger partial charge in [0.1, 0.15) is 18.8 Å². The summed E-state index contributed by atoms with van der Waals surface area (Å²) in [6.45, 7) is 0.510. The Morgan fingerprint density at radius 3 is 1.64 bits per heavy atom. The Morgan fingerprint density at radius 1 is 0.778 bits per heavy atom. The summed E-state index contributed by atoms with van der Waals surface area (Å²) >= 11 is 0. The summed E-state index contributed by atoms with van der Waals surface area (Å²) in [5.74, 6) is -1.85. The van der Waals surface area contributed by atoms with Crippen LogP contribution in [0.15, 0.2) is 0 Å². The number of hydrogen-bond donors (Lipinski definition) is 4. The van der Waals surface area contributed by atoms with Gasteiger partial charge in [0.15, 0.2) is 0 Å². The third kappa shape index (κ3) is 25.6. The Balaban J connectivity index is 0. The quantitative estimate of drug-likeness (QED) is 0.0559. The summed E-state index contributed by atoms with van der Waals surface area (Å²) in [6, 6.07) is -1.48. The van der Waals surface area contributed by atoms with Crippen LogP contribution in [0.3, 0.4) is 0 Å². The molecule has 0 heterocycles. The topological polar surface area (TPSA) is 166 Å². The fourth-order valence-corrected chi connectivity index (χ4v) is 4.20. The van der Waals surface area contributed by atoms with Crippen LogP contribution in [-0.4, -0.2) is 88.6 Å². The van der Waals surface area contributed by atoms with Crippen molar-refractivity contribution in [2.24, 2.45) is 5.73 Å². The van der Waals surface area contributed by atoms with E-state index in [-0.39, 0.29) is 42.6 Å². The number of rotatable bonds is 25. The van der Waals surface area contributed by atoms with Crippen molar-refractivity contribution in [3.63, 3.8) is 0 Å². The van der Waals surface area contributed by atoms with Crippen LogP contribution in [0.1, 0.15) is 110 Å². The number of esters is 1. The van der Waals surface area contributed by atoms with Gasteiger partial charge in [-0.05, 0) is 6.42 Å². The van der Waals surface area contributed by atoms with Gasteiger partial charge in [-0.3, -0.25) is 18.6 Å². The number of phosphoric ester groups is 1. The zero-order valence-corrected chi connectivity index (χ0v) is 25.3. The molecule has 5 N–H and O–H groups in total. The molecule has 0 saturated carbocycles. The predicted molar refractivity (Wildman–Crippen MR) is 140 cm³/mol. The third-order valence-corrected chi connectivity index (χ3v) is 6.54. The van der Waals surface area contributed by atoms with Gasteiger partial charge < -0.3 is 25.6 Å². The summed E-state index contributed by atoms with van der Waals surface area (Å²) in [4.78, 5) is 31.7. The molecule has 0 spiro atoms. The molecule has 209 valence electrons. The van der Waals surface area contributed by atoms with E-state index in [1.54, 1.807) is 0 Å². The molecule has 0 aliphatic carbocycles. The first-order valence-electron chi connectivity index (χ1n) is 13.1. The molecule has 10 nitrogen and oxygen atoms in total. The maximum atomic E-state index is 11.8. The first-order valence-corrected chi connectivity index (χ1v) is 14.6. The van der Waals surface area contributed by atoms with E-state index in [2.05, 4.69) is 16.0 Å². The van der Waals surface area contributed by atoms with Crippen molar-refractivity contribution in [2.75, 3.05) is 19.8 Å². The number of carbonyl (C=O) groups excluding carboxylic acids is 1. The molecule has 0 rings (SSSR count). The molecule has 12 heteroatoms. The van der Waals surface area contributed by atoms with Crippen LogP contribution in [0, 0.1) is 0 Å². The summed E-state index contributed by atoms with van der Waals surface area (Å²) in [7, 11) is -4.58. The Labute approximate surface area is 238 Å². The number of nitrogens with two attached hydrogens (primary N) is 1. The summed E-state index contributed by atoms with van der Waals surface area (Å²) in [5, 5.41) is 18.3. The third-order valence-electron chi connectivity index (χ3n) is 5.59. The Kier molecular flexibility index (Phi) is 26.7. The number of hydrogen-bond acceptors (Lipinski definition) is 8. The van der Waals surface area contributed by atoms with Crippen LogP contribution in [0.5, 0.6) is 0 Å². The van der Waals surface area contributed by atoms with Crippen LogP contribution in [0.2, 0.25) is 0 Å². The molecular weight excluding hydrogens is 500 g/mol. The first-order chi connectivity index (χ1) is 16.7. The van der Waals surface area contributed by atoms with Crippen molar-refractivity contribution in [2.45, 2.75) is 122 Å². The van der Waals surface area contributed by atoms with Crippen molar-refractivity contribution in [3.8, 4) is 0 Å². The van der Waals surface area contributed by atoms with E-state index in [4.69, 9.17) is 15.6 Å². The van der Waals surface area contributed by atoms with Crippen molar-refractivity contribution in [1.82, 2.24) is 0 Å². The fraction of sp³-hybridized carbons (Fsp3) is 0.917. The molecule has 1 radical (unpaired) electrons. The molecule has 0 fully saturated rings. The maximum absolute atomic E-state index is 11.8. The van der Waals surface area contributed by atoms with Crippen molar-refractivity contribution >= 4 is 49.3 Å². The molecule has 0 bridgehead atoms. The molecule has 0 aromatic carbocycles. The molecule has 36 heavy (non-hydrogen) atoms. The van der Waals surface area contributed by atoms with Gasteiger partial charge in [-0.15, -0.1) is 0 Å². The van der Waals surface area contributed by atoms with Gasteiger partial charge in [0.05, 0.1) is 13.2 Å². The van der Waals surface area contributed by atoms with Gasteiger partial charge >= 0.3 is 19.8 Å². The van der Waals surface area contributed by atoms with Gasteiger partial charge in [0.25, 0.3) is 0 Å². The van der Waals surface area contributed by atoms with E-state index >= 15 is 0 Å². The monoisotopic (exact) mass is 548 g/mol. The van der Waals surface area contributed by atoms with Gasteiger partial charge in [-0.25, -0.2) is 4.57 Å². The van der Waals surface area contributed by atoms with E-state index in [9.17, 15) is 24.2 Å². The maximum Gasteiger partial charge on any atom is 0.472 e. The SMILES string of the molecule is CCCCCCCCCCCCCCCCCC(=O)OC[C@@H](O)COP(=O)(O)OC[C@H](N)C(=O)O.[Na]. The number of unbranched alkanes of at least 4 members (excludes halogenated alkanes) is 14. The van der Waals surface area contributed by atoms with E-state index in [1.807, 2.05) is 0 Å². The van der Waals surface area contributed by atoms with Crippen molar-refractivity contribution in [1.29, 1.82) is 0 Å². The first kappa shape index (κ1) is 38.1. The van der Waals surface area contributed by atoms with Crippen molar-refractivity contribution in [3.05, 3.63) is 0 Å².